The van der Waals surface area contributed by atoms with Crippen molar-refractivity contribution in [3.63, 3.8) is 0 Å². The average molecular weight is 633 g/mol. The van der Waals surface area contributed by atoms with Gasteiger partial charge in [-0.25, -0.2) is 8.42 Å². The second kappa shape index (κ2) is 13.3. The van der Waals surface area contributed by atoms with Crippen LogP contribution in [0.5, 0.6) is 5.75 Å². The van der Waals surface area contributed by atoms with Crippen molar-refractivity contribution in [2.24, 2.45) is 0 Å². The van der Waals surface area contributed by atoms with Crippen LogP contribution in [0.2, 0.25) is 0 Å². The molecule has 2 fully saturated rings. The van der Waals surface area contributed by atoms with Crippen molar-refractivity contribution in [1.29, 1.82) is 0 Å². The van der Waals surface area contributed by atoms with Crippen LogP contribution in [-0.4, -0.2) is 80.4 Å². The van der Waals surface area contributed by atoms with Gasteiger partial charge in [-0.15, -0.1) is 0 Å². The number of hydrogen-bond acceptors (Lipinski definition) is 7. The molecule has 2 aromatic carbocycles. The number of nitrogens with one attached hydrogen (secondary N) is 2. The van der Waals surface area contributed by atoms with E-state index in [4.69, 9.17) is 4.74 Å². The van der Waals surface area contributed by atoms with Crippen LogP contribution in [0.15, 0.2) is 47.4 Å². The zero-order chi connectivity index (χ0) is 31.5. The molecule has 0 bridgehead atoms. The van der Waals surface area contributed by atoms with Crippen molar-refractivity contribution in [3.8, 4) is 17.6 Å². The first kappa shape index (κ1) is 32.0. The van der Waals surface area contributed by atoms with Crippen LogP contribution in [0.3, 0.4) is 0 Å². The Labute approximate surface area is 256 Å². The number of halogens is 3. The number of piperidine rings is 1. The summed E-state index contributed by atoms with van der Waals surface area (Å²) in [4.78, 5) is 2.60. The number of aliphatic hydroxyl groups excluding tert-OH is 1. The van der Waals surface area contributed by atoms with Gasteiger partial charge < -0.3 is 29.9 Å². The number of aliphatic hydroxyl groups is 1. The monoisotopic (exact) mass is 632 g/mol. The van der Waals surface area contributed by atoms with Crippen LogP contribution in [0.25, 0.3) is 10.9 Å². The highest BCUT2D eigenvalue weighted by Gasteiger charge is 2.31. The molecular weight excluding hydrogens is 593 g/mol. The number of benzene rings is 2. The van der Waals surface area contributed by atoms with Crippen molar-refractivity contribution < 1.29 is 31.4 Å². The van der Waals surface area contributed by atoms with E-state index in [2.05, 4.69) is 27.4 Å². The second-order valence-electron chi connectivity index (χ2n) is 11.7. The van der Waals surface area contributed by atoms with Crippen molar-refractivity contribution >= 4 is 32.1 Å². The van der Waals surface area contributed by atoms with Crippen molar-refractivity contribution in [1.82, 2.24) is 9.47 Å². The zero-order valence-corrected chi connectivity index (χ0v) is 25.8. The SMILES string of the molecule is COc1cc(S(C)(=O)=O)ccc1NCC#Cc1cc2c(N[C@H]3CC[C@H](N4CCC(O)CC4)CC3)cccc2n1CC(F)(F)F. The third-order valence-corrected chi connectivity index (χ3v) is 9.65. The molecule has 3 aromatic rings. The summed E-state index contributed by atoms with van der Waals surface area (Å²) in [5, 5.41) is 17.2. The Morgan fingerprint density at radius 3 is 2.41 bits per heavy atom. The lowest BCUT2D eigenvalue weighted by Crippen LogP contribution is -2.45. The first-order chi connectivity index (χ1) is 20.9. The summed E-state index contributed by atoms with van der Waals surface area (Å²) in [6.45, 7) is 0.802. The number of aromatic nitrogens is 1. The fourth-order valence-corrected chi connectivity index (χ4v) is 6.88. The molecule has 8 nitrogen and oxygen atoms in total. The number of fused-ring (bicyclic) bond motifs is 1. The molecule has 44 heavy (non-hydrogen) atoms. The fraction of sp³-hybridized carbons (Fsp3) is 0.500. The van der Waals surface area contributed by atoms with Gasteiger partial charge in [0.15, 0.2) is 9.84 Å². The molecule has 3 N–H and O–H groups in total. The maximum atomic E-state index is 13.6. The number of nitrogens with zero attached hydrogens (tertiary/aromatic N) is 2. The van der Waals surface area contributed by atoms with Gasteiger partial charge in [0.25, 0.3) is 0 Å². The van der Waals surface area contributed by atoms with Gasteiger partial charge in [0.1, 0.15) is 12.3 Å². The minimum Gasteiger partial charge on any atom is -0.495 e. The fourth-order valence-electron chi connectivity index (χ4n) is 6.24. The van der Waals surface area contributed by atoms with E-state index in [1.54, 1.807) is 24.3 Å². The molecule has 12 heteroatoms. The van der Waals surface area contributed by atoms with E-state index in [0.717, 1.165) is 63.6 Å². The average Bonchev–Trinajstić information content (AvgIpc) is 3.32. The highest BCUT2D eigenvalue weighted by molar-refractivity contribution is 7.90. The van der Waals surface area contributed by atoms with Crippen molar-refractivity contribution in [3.05, 3.63) is 48.2 Å². The van der Waals surface area contributed by atoms with Crippen LogP contribution in [-0.2, 0) is 16.4 Å². The number of alkyl halides is 3. The summed E-state index contributed by atoms with van der Waals surface area (Å²) in [6.07, 6.45) is 2.16. The number of sulfone groups is 1. The van der Waals surface area contributed by atoms with E-state index in [-0.39, 0.29) is 29.3 Å². The molecule has 1 saturated heterocycles. The number of rotatable bonds is 8. The number of likely N-dealkylation sites (tertiary alicyclic amines) is 1. The normalized spacial score (nSPS) is 20.2. The van der Waals surface area contributed by atoms with Gasteiger partial charge in [0, 0.05) is 48.6 Å². The Morgan fingerprint density at radius 1 is 1.02 bits per heavy atom. The lowest BCUT2D eigenvalue weighted by Gasteiger charge is -2.40. The first-order valence-corrected chi connectivity index (χ1v) is 16.8. The molecule has 0 spiro atoms. The first-order valence-electron chi connectivity index (χ1n) is 14.9. The minimum atomic E-state index is -4.43. The van der Waals surface area contributed by atoms with Gasteiger partial charge in [0.2, 0.25) is 0 Å². The maximum absolute atomic E-state index is 13.6. The number of hydrogen-bond donors (Lipinski definition) is 3. The van der Waals surface area contributed by atoms with Crippen LogP contribution >= 0.6 is 0 Å². The van der Waals surface area contributed by atoms with Gasteiger partial charge in [0.05, 0.1) is 41.6 Å². The Morgan fingerprint density at radius 2 is 1.75 bits per heavy atom. The molecule has 238 valence electrons. The van der Waals surface area contributed by atoms with E-state index in [0.29, 0.717) is 28.4 Å². The molecule has 1 aromatic heterocycles. The Hall–Kier alpha value is -3.40. The predicted octanol–water partition coefficient (Wildman–Crippen LogP) is 5.26. The van der Waals surface area contributed by atoms with Gasteiger partial charge in [-0.05, 0) is 74.8 Å². The highest BCUT2D eigenvalue weighted by atomic mass is 32.2. The van der Waals surface area contributed by atoms with Crippen LogP contribution in [0.1, 0.15) is 44.2 Å². The van der Waals surface area contributed by atoms with Gasteiger partial charge in [-0.2, -0.15) is 13.2 Å². The molecule has 5 rings (SSSR count). The summed E-state index contributed by atoms with van der Waals surface area (Å²) in [5.41, 5.74) is 2.03. The van der Waals surface area contributed by atoms with E-state index >= 15 is 0 Å². The van der Waals surface area contributed by atoms with Crippen molar-refractivity contribution in [2.45, 2.75) is 74.3 Å². The maximum Gasteiger partial charge on any atom is 0.406 e. The molecule has 1 saturated carbocycles. The lowest BCUT2D eigenvalue weighted by atomic mass is 9.88. The smallest absolute Gasteiger partial charge is 0.406 e. The Bertz CT molecular complexity index is 1630. The number of anilines is 2. The lowest BCUT2D eigenvalue weighted by molar-refractivity contribution is -0.140. The van der Waals surface area contributed by atoms with Crippen LogP contribution in [0.4, 0.5) is 24.5 Å². The molecule has 0 radical (unpaired) electrons. The van der Waals surface area contributed by atoms with E-state index in [9.17, 15) is 26.7 Å². The van der Waals surface area contributed by atoms with Crippen molar-refractivity contribution in [2.75, 3.05) is 43.6 Å². The topological polar surface area (TPSA) is 95.8 Å². The second-order valence-corrected chi connectivity index (χ2v) is 13.7. The van der Waals surface area contributed by atoms with Crippen LogP contribution < -0.4 is 15.4 Å². The third-order valence-electron chi connectivity index (χ3n) is 8.54. The molecule has 2 aliphatic rings. The Kier molecular flexibility index (Phi) is 9.68. The van der Waals surface area contributed by atoms with Crippen LogP contribution in [0, 0.1) is 11.8 Å². The third kappa shape index (κ3) is 7.81. The minimum absolute atomic E-state index is 0.104. The molecule has 0 atom stereocenters. The molecular formula is C32H39F3N4O4S. The molecule has 1 aliphatic heterocycles. The number of methoxy groups -OCH3 is 1. The van der Waals surface area contributed by atoms with Gasteiger partial charge >= 0.3 is 6.18 Å². The summed E-state index contributed by atoms with van der Waals surface area (Å²) in [5.74, 6) is 6.14. The molecule has 0 unspecified atom stereocenters. The highest BCUT2D eigenvalue weighted by Crippen LogP contribution is 2.33. The standard InChI is InChI=1S/C32H39F3N4O4S/c1-43-31-20-26(44(2,41)42)12-13-29(31)36-16-4-5-24-19-27-28(6-3-7-30(27)39(24)21-32(33,34)35)37-22-8-10-23(11-9-22)38-17-14-25(40)15-18-38/h3,6-7,12-13,19-20,22-23,25,36-37,40H,8-11,14-18,21H2,1-2H3/t22-,23-. The predicted molar refractivity (Wildman–Crippen MR) is 166 cm³/mol. The summed E-state index contributed by atoms with van der Waals surface area (Å²) < 4.78 is 71.2. The number of ether oxygens (including phenoxy) is 1. The summed E-state index contributed by atoms with van der Waals surface area (Å²) in [6, 6.07) is 12.2. The molecule has 0 amide bonds. The Balaban J connectivity index is 1.31. The molecule has 1 aliphatic carbocycles. The van der Waals surface area contributed by atoms with Gasteiger partial charge in [-0.1, -0.05) is 12.0 Å². The largest absolute Gasteiger partial charge is 0.495 e. The summed E-state index contributed by atoms with van der Waals surface area (Å²) >= 11 is 0. The quantitative estimate of drug-likeness (QED) is 0.292. The summed E-state index contributed by atoms with van der Waals surface area (Å²) in [7, 11) is -1.99. The van der Waals surface area contributed by atoms with E-state index in [1.807, 2.05) is 6.07 Å². The zero-order valence-electron chi connectivity index (χ0n) is 25.0. The van der Waals surface area contributed by atoms with E-state index in [1.165, 1.54) is 23.8 Å². The van der Waals surface area contributed by atoms with E-state index < -0.39 is 22.6 Å². The molecule has 2 heterocycles. The van der Waals surface area contributed by atoms with Gasteiger partial charge in [-0.3, -0.25) is 0 Å².